The van der Waals surface area contributed by atoms with Crippen LogP contribution in [-0.2, 0) is 4.74 Å². The molecule has 3 aromatic rings. The van der Waals surface area contributed by atoms with Crippen LogP contribution in [0, 0.1) is 6.92 Å². The average molecular weight is 340 g/mol. The molecule has 4 rings (SSSR count). The Balaban J connectivity index is 1.44. The second kappa shape index (κ2) is 6.60. The van der Waals surface area contributed by atoms with Crippen LogP contribution in [0.25, 0.3) is 11.0 Å². The van der Waals surface area contributed by atoms with Crippen LogP contribution >= 0.6 is 0 Å². The summed E-state index contributed by atoms with van der Waals surface area (Å²) in [4.78, 5) is 12.3. The van der Waals surface area contributed by atoms with Crippen LogP contribution < -0.4 is 10.6 Å². The first-order chi connectivity index (χ1) is 12.2. The molecule has 0 spiro atoms. The van der Waals surface area contributed by atoms with Gasteiger partial charge in [-0.15, -0.1) is 0 Å². The largest absolute Gasteiger partial charge is 0.464 e. The van der Waals surface area contributed by atoms with Gasteiger partial charge in [0.2, 0.25) is 0 Å². The van der Waals surface area contributed by atoms with E-state index in [4.69, 9.17) is 9.15 Å². The summed E-state index contributed by atoms with van der Waals surface area (Å²) in [6.07, 6.45) is 5.21. The molecule has 2 N–H and O–H groups in total. The fourth-order valence-electron chi connectivity index (χ4n) is 3.16. The van der Waals surface area contributed by atoms with Gasteiger partial charge in [0.05, 0.1) is 29.9 Å². The van der Waals surface area contributed by atoms with Crippen molar-refractivity contribution in [1.29, 1.82) is 0 Å². The number of carbonyl (C=O) groups excluding carboxylic acids is 1. The van der Waals surface area contributed by atoms with E-state index in [1.54, 1.807) is 18.5 Å². The summed E-state index contributed by atoms with van der Waals surface area (Å²) in [5.41, 5.74) is 3.07. The monoisotopic (exact) mass is 340 g/mol. The van der Waals surface area contributed by atoms with Crippen LogP contribution in [0.3, 0.4) is 0 Å². The molecular weight excluding hydrogens is 320 g/mol. The zero-order valence-corrected chi connectivity index (χ0v) is 14.0. The van der Waals surface area contributed by atoms with Gasteiger partial charge in [0, 0.05) is 30.4 Å². The molecule has 0 bridgehead atoms. The van der Waals surface area contributed by atoms with Gasteiger partial charge >= 0.3 is 6.03 Å². The molecule has 0 aliphatic carbocycles. The summed E-state index contributed by atoms with van der Waals surface area (Å²) in [5, 5.41) is 11.1. The molecule has 1 aromatic carbocycles. The van der Waals surface area contributed by atoms with Crippen LogP contribution in [0.15, 0.2) is 41.1 Å². The van der Waals surface area contributed by atoms with E-state index in [0.717, 1.165) is 42.7 Å². The number of hydrogen-bond donors (Lipinski definition) is 2. The van der Waals surface area contributed by atoms with E-state index in [-0.39, 0.29) is 6.03 Å². The molecule has 7 nitrogen and oxygen atoms in total. The molecule has 2 amide bonds. The second-order valence-electron chi connectivity index (χ2n) is 6.18. The smallest absolute Gasteiger partial charge is 0.323 e. The van der Waals surface area contributed by atoms with E-state index in [0.29, 0.717) is 17.4 Å². The number of fused-ring (bicyclic) bond motifs is 1. The maximum Gasteiger partial charge on any atom is 0.323 e. The predicted octanol–water partition coefficient (Wildman–Crippen LogP) is 3.93. The summed E-state index contributed by atoms with van der Waals surface area (Å²) in [5.74, 6) is 0. The Labute approximate surface area is 144 Å². The normalized spacial score (nSPS) is 15.4. The first-order valence-electron chi connectivity index (χ1n) is 8.38. The van der Waals surface area contributed by atoms with Gasteiger partial charge in [0.1, 0.15) is 5.58 Å². The van der Waals surface area contributed by atoms with Gasteiger partial charge in [-0.1, -0.05) is 0 Å². The van der Waals surface area contributed by atoms with Crippen LogP contribution in [0.4, 0.5) is 16.2 Å². The Kier molecular flexibility index (Phi) is 4.15. The molecule has 0 atom stereocenters. The Morgan fingerprint density at radius 1 is 1.24 bits per heavy atom. The van der Waals surface area contributed by atoms with E-state index in [9.17, 15) is 4.79 Å². The van der Waals surface area contributed by atoms with E-state index in [1.165, 1.54) is 0 Å². The van der Waals surface area contributed by atoms with E-state index in [2.05, 4.69) is 15.7 Å². The summed E-state index contributed by atoms with van der Waals surface area (Å²) >= 11 is 0. The molecule has 1 saturated heterocycles. The molecule has 0 saturated carbocycles. The van der Waals surface area contributed by atoms with Crippen molar-refractivity contribution in [1.82, 2.24) is 9.78 Å². The molecule has 0 radical (unpaired) electrons. The van der Waals surface area contributed by atoms with Crippen molar-refractivity contribution in [2.75, 3.05) is 23.8 Å². The van der Waals surface area contributed by atoms with Gasteiger partial charge in [0.15, 0.2) is 0 Å². The van der Waals surface area contributed by atoms with Crippen LogP contribution in [-0.4, -0.2) is 29.0 Å². The Morgan fingerprint density at radius 2 is 2.08 bits per heavy atom. The third-order valence-electron chi connectivity index (χ3n) is 4.54. The summed E-state index contributed by atoms with van der Waals surface area (Å²) < 4.78 is 12.7. The number of nitrogens with zero attached hydrogens (tertiary/aromatic N) is 2. The maximum atomic E-state index is 12.3. The molecule has 25 heavy (non-hydrogen) atoms. The number of amides is 2. The lowest BCUT2D eigenvalue weighted by Gasteiger charge is -2.23. The highest BCUT2D eigenvalue weighted by atomic mass is 16.5. The van der Waals surface area contributed by atoms with Crippen LogP contribution in [0.1, 0.15) is 24.6 Å². The number of urea groups is 1. The summed E-state index contributed by atoms with van der Waals surface area (Å²) in [6.45, 7) is 3.47. The zero-order chi connectivity index (χ0) is 17.2. The fraction of sp³-hybridized carbons (Fsp3) is 0.333. The van der Waals surface area contributed by atoms with E-state index >= 15 is 0 Å². The number of benzene rings is 1. The van der Waals surface area contributed by atoms with Crippen molar-refractivity contribution in [3.05, 3.63) is 42.4 Å². The van der Waals surface area contributed by atoms with Crippen LogP contribution in [0.2, 0.25) is 0 Å². The lowest BCUT2D eigenvalue weighted by atomic mass is 10.1. The molecule has 2 aromatic heterocycles. The molecule has 3 heterocycles. The van der Waals surface area contributed by atoms with Gasteiger partial charge in [-0.25, -0.2) is 4.79 Å². The zero-order valence-electron chi connectivity index (χ0n) is 14.0. The van der Waals surface area contributed by atoms with Crippen molar-refractivity contribution in [3.8, 4) is 0 Å². The highest BCUT2D eigenvalue weighted by molar-refractivity contribution is 6.01. The average Bonchev–Trinajstić information content (AvgIpc) is 3.22. The third kappa shape index (κ3) is 3.23. The number of furan rings is 1. The minimum Gasteiger partial charge on any atom is -0.464 e. The van der Waals surface area contributed by atoms with Gasteiger partial charge in [0.25, 0.3) is 0 Å². The summed E-state index contributed by atoms with van der Waals surface area (Å²) in [6, 6.07) is 7.45. The molecule has 1 fully saturated rings. The fourth-order valence-corrected chi connectivity index (χ4v) is 3.16. The number of anilines is 2. The first kappa shape index (κ1) is 15.7. The molecule has 1 aliphatic heterocycles. The van der Waals surface area contributed by atoms with Crippen molar-refractivity contribution < 1.29 is 13.9 Å². The van der Waals surface area contributed by atoms with Crippen molar-refractivity contribution in [2.24, 2.45) is 0 Å². The highest BCUT2D eigenvalue weighted by Crippen LogP contribution is 2.25. The van der Waals surface area contributed by atoms with Gasteiger partial charge < -0.3 is 19.8 Å². The topological polar surface area (TPSA) is 81.3 Å². The maximum absolute atomic E-state index is 12.3. The predicted molar refractivity (Wildman–Crippen MR) is 94.9 cm³/mol. The lowest BCUT2D eigenvalue weighted by molar-refractivity contribution is 0.0657. The van der Waals surface area contributed by atoms with Crippen molar-refractivity contribution in [3.63, 3.8) is 0 Å². The van der Waals surface area contributed by atoms with E-state index < -0.39 is 0 Å². The number of hydrogen-bond acceptors (Lipinski definition) is 4. The minimum atomic E-state index is -0.305. The van der Waals surface area contributed by atoms with Gasteiger partial charge in [-0.05, 0) is 38.0 Å². The number of ether oxygens (including phenoxy) is 1. The SMILES string of the molecule is Cc1c(NC(=O)Nc2ccc3ccoc3c2)cnn1C1CCOCC1. The molecule has 7 heteroatoms. The minimum absolute atomic E-state index is 0.305. The van der Waals surface area contributed by atoms with Gasteiger partial charge in [-0.3, -0.25) is 4.68 Å². The molecule has 1 aliphatic rings. The number of aromatic nitrogens is 2. The van der Waals surface area contributed by atoms with Crippen LogP contribution in [0.5, 0.6) is 0 Å². The van der Waals surface area contributed by atoms with Crippen molar-refractivity contribution in [2.45, 2.75) is 25.8 Å². The molecule has 0 unspecified atom stereocenters. The first-order valence-corrected chi connectivity index (χ1v) is 8.38. The molecule has 130 valence electrons. The second-order valence-corrected chi connectivity index (χ2v) is 6.18. The number of nitrogens with one attached hydrogen (secondary N) is 2. The Hall–Kier alpha value is -2.80. The van der Waals surface area contributed by atoms with Crippen molar-refractivity contribution >= 4 is 28.4 Å². The Bertz CT molecular complexity index is 893. The number of rotatable bonds is 3. The Morgan fingerprint density at radius 3 is 2.92 bits per heavy atom. The lowest BCUT2D eigenvalue weighted by Crippen LogP contribution is -2.22. The molecular formula is C18H20N4O3. The third-order valence-corrected chi connectivity index (χ3v) is 4.54. The number of carbonyl (C=O) groups is 1. The van der Waals surface area contributed by atoms with Gasteiger partial charge in [-0.2, -0.15) is 5.10 Å². The highest BCUT2D eigenvalue weighted by Gasteiger charge is 2.20. The van der Waals surface area contributed by atoms with E-state index in [1.807, 2.05) is 29.8 Å². The summed E-state index contributed by atoms with van der Waals surface area (Å²) in [7, 11) is 0. The quantitative estimate of drug-likeness (QED) is 0.757. The standard InChI is InChI=1S/C18H20N4O3/c1-12-16(11-19-22(12)15-5-7-24-8-6-15)21-18(23)20-14-3-2-13-4-9-25-17(13)10-14/h2-4,9-11,15H,5-8H2,1H3,(H2,20,21,23).